The van der Waals surface area contributed by atoms with Crippen molar-refractivity contribution in [1.29, 1.82) is 0 Å². The predicted octanol–water partition coefficient (Wildman–Crippen LogP) is 2.13. The first-order valence-corrected chi connectivity index (χ1v) is 6.16. The minimum atomic E-state index is -0.508. The van der Waals surface area contributed by atoms with Gasteiger partial charge in [-0.1, -0.05) is 0 Å². The van der Waals surface area contributed by atoms with E-state index in [1.54, 1.807) is 38.5 Å². The number of carbonyl (C=O) groups excluding carboxylic acids is 1. The van der Waals surface area contributed by atoms with Crippen molar-refractivity contribution < 1.29 is 19.0 Å². The van der Waals surface area contributed by atoms with Crippen LogP contribution in [0.2, 0.25) is 0 Å². The monoisotopic (exact) mass is 288 g/mol. The molecule has 2 rings (SSSR count). The largest absolute Gasteiger partial charge is 0.497 e. The van der Waals surface area contributed by atoms with Gasteiger partial charge >= 0.3 is 5.97 Å². The van der Waals surface area contributed by atoms with E-state index in [-0.39, 0.29) is 11.3 Å². The number of anilines is 1. The van der Waals surface area contributed by atoms with Gasteiger partial charge in [-0.3, -0.25) is 4.98 Å². The van der Waals surface area contributed by atoms with Crippen molar-refractivity contribution in [1.82, 2.24) is 4.98 Å². The number of benzene rings is 1. The van der Waals surface area contributed by atoms with Crippen LogP contribution in [0.3, 0.4) is 0 Å². The van der Waals surface area contributed by atoms with Gasteiger partial charge in [-0.25, -0.2) is 4.79 Å². The highest BCUT2D eigenvalue weighted by atomic mass is 16.5. The highest BCUT2D eigenvalue weighted by Crippen LogP contribution is 2.30. The summed E-state index contributed by atoms with van der Waals surface area (Å²) in [5.41, 5.74) is 7.59. The van der Waals surface area contributed by atoms with E-state index in [0.717, 1.165) is 5.56 Å². The van der Waals surface area contributed by atoms with E-state index in [0.29, 0.717) is 17.2 Å². The van der Waals surface area contributed by atoms with Crippen LogP contribution in [0, 0.1) is 0 Å². The lowest BCUT2D eigenvalue weighted by molar-refractivity contribution is 0.0602. The Bertz CT molecular complexity index is 648. The number of carbonyl (C=O) groups is 1. The fourth-order valence-corrected chi connectivity index (χ4v) is 1.87. The Balaban J connectivity index is 2.53. The topological polar surface area (TPSA) is 83.7 Å². The van der Waals surface area contributed by atoms with Crippen molar-refractivity contribution in [2.24, 2.45) is 0 Å². The summed E-state index contributed by atoms with van der Waals surface area (Å²) in [5.74, 6) is 0.746. The van der Waals surface area contributed by atoms with E-state index in [2.05, 4.69) is 4.98 Å². The second kappa shape index (κ2) is 6.13. The predicted molar refractivity (Wildman–Crippen MR) is 78.5 cm³/mol. The molecule has 0 radical (unpaired) electrons. The Labute approximate surface area is 122 Å². The van der Waals surface area contributed by atoms with Crippen LogP contribution >= 0.6 is 0 Å². The fraction of sp³-hybridized carbons (Fsp3) is 0.200. The summed E-state index contributed by atoms with van der Waals surface area (Å²) >= 11 is 0. The lowest BCUT2D eigenvalue weighted by atomic mass is 10.1. The van der Waals surface area contributed by atoms with E-state index in [1.165, 1.54) is 13.3 Å². The SMILES string of the molecule is COC(=O)c1cc(-c2cc(OC)cc(OC)c2)ncc1N. The van der Waals surface area contributed by atoms with Gasteiger partial charge in [-0.05, 0) is 18.2 Å². The van der Waals surface area contributed by atoms with Gasteiger partial charge in [-0.2, -0.15) is 0 Å². The molecule has 0 spiro atoms. The van der Waals surface area contributed by atoms with Crippen LogP contribution in [0.5, 0.6) is 11.5 Å². The van der Waals surface area contributed by atoms with Crippen molar-refractivity contribution in [2.75, 3.05) is 27.1 Å². The molecule has 1 aromatic heterocycles. The van der Waals surface area contributed by atoms with Crippen molar-refractivity contribution in [3.63, 3.8) is 0 Å². The molecule has 0 atom stereocenters. The third-order valence-corrected chi connectivity index (χ3v) is 2.99. The molecule has 0 amide bonds. The van der Waals surface area contributed by atoms with Gasteiger partial charge in [0, 0.05) is 11.6 Å². The summed E-state index contributed by atoms with van der Waals surface area (Å²) in [5, 5.41) is 0. The molecule has 6 nitrogen and oxygen atoms in total. The maximum Gasteiger partial charge on any atom is 0.340 e. The highest BCUT2D eigenvalue weighted by molar-refractivity contribution is 5.96. The van der Waals surface area contributed by atoms with Crippen LogP contribution in [-0.2, 0) is 4.74 Å². The normalized spacial score (nSPS) is 10.0. The molecule has 21 heavy (non-hydrogen) atoms. The van der Waals surface area contributed by atoms with Crippen molar-refractivity contribution >= 4 is 11.7 Å². The third-order valence-electron chi connectivity index (χ3n) is 2.99. The lowest BCUT2D eigenvalue weighted by Crippen LogP contribution is -2.06. The van der Waals surface area contributed by atoms with Gasteiger partial charge in [0.05, 0.1) is 44.5 Å². The molecule has 0 aliphatic carbocycles. The van der Waals surface area contributed by atoms with Crippen LogP contribution < -0.4 is 15.2 Å². The summed E-state index contributed by atoms with van der Waals surface area (Å²) in [6, 6.07) is 6.92. The number of nitrogens with two attached hydrogens (primary N) is 1. The molecule has 1 aromatic carbocycles. The van der Waals surface area contributed by atoms with Crippen molar-refractivity contribution in [2.45, 2.75) is 0 Å². The standard InChI is InChI=1S/C15H16N2O4/c1-19-10-4-9(5-11(6-10)20-2)14-7-12(15(18)21-3)13(16)8-17-14/h4-8H,16H2,1-3H3. The molecule has 0 bridgehead atoms. The van der Waals surface area contributed by atoms with Gasteiger partial charge in [0.25, 0.3) is 0 Å². The molecule has 6 heteroatoms. The quantitative estimate of drug-likeness (QED) is 0.868. The summed E-state index contributed by atoms with van der Waals surface area (Å²) in [6.07, 6.45) is 1.42. The molecule has 0 unspecified atom stereocenters. The molecule has 2 aromatic rings. The van der Waals surface area contributed by atoms with E-state index < -0.39 is 5.97 Å². The smallest absolute Gasteiger partial charge is 0.340 e. The number of methoxy groups -OCH3 is 3. The Morgan fingerprint density at radius 3 is 2.19 bits per heavy atom. The van der Waals surface area contributed by atoms with Crippen LogP contribution in [0.1, 0.15) is 10.4 Å². The number of hydrogen-bond acceptors (Lipinski definition) is 6. The molecular formula is C15H16N2O4. The van der Waals surface area contributed by atoms with E-state index in [9.17, 15) is 4.79 Å². The Hall–Kier alpha value is -2.76. The minimum Gasteiger partial charge on any atom is -0.497 e. The van der Waals surface area contributed by atoms with Gasteiger partial charge in [0.15, 0.2) is 0 Å². The number of esters is 1. The van der Waals surface area contributed by atoms with Gasteiger partial charge in [0.2, 0.25) is 0 Å². The van der Waals surface area contributed by atoms with Crippen LogP contribution in [0.4, 0.5) is 5.69 Å². The number of ether oxygens (including phenoxy) is 3. The zero-order chi connectivity index (χ0) is 15.4. The minimum absolute atomic E-state index is 0.264. The van der Waals surface area contributed by atoms with Gasteiger partial charge in [-0.15, -0.1) is 0 Å². The summed E-state index contributed by atoms with van der Waals surface area (Å²) in [6.45, 7) is 0. The first-order chi connectivity index (χ1) is 10.1. The first kappa shape index (κ1) is 14.6. The Morgan fingerprint density at radius 2 is 1.67 bits per heavy atom. The molecule has 110 valence electrons. The van der Waals surface area contributed by atoms with Crippen LogP contribution in [0.15, 0.2) is 30.5 Å². The number of aromatic nitrogens is 1. The number of nitrogens with zero attached hydrogens (tertiary/aromatic N) is 1. The number of hydrogen-bond donors (Lipinski definition) is 1. The van der Waals surface area contributed by atoms with Gasteiger partial charge in [0.1, 0.15) is 11.5 Å². The Morgan fingerprint density at radius 1 is 1.05 bits per heavy atom. The van der Waals surface area contributed by atoms with Gasteiger partial charge < -0.3 is 19.9 Å². The summed E-state index contributed by atoms with van der Waals surface area (Å²) < 4.78 is 15.1. The second-order valence-corrected chi connectivity index (χ2v) is 4.25. The zero-order valence-electron chi connectivity index (χ0n) is 12.0. The maximum absolute atomic E-state index is 11.7. The number of rotatable bonds is 4. The molecule has 0 saturated carbocycles. The molecule has 0 aliphatic heterocycles. The average molecular weight is 288 g/mol. The molecule has 1 heterocycles. The number of pyridine rings is 1. The van der Waals surface area contributed by atoms with E-state index in [1.807, 2.05) is 0 Å². The molecule has 0 fully saturated rings. The molecule has 0 saturated heterocycles. The van der Waals surface area contributed by atoms with Crippen LogP contribution in [-0.4, -0.2) is 32.3 Å². The fourth-order valence-electron chi connectivity index (χ4n) is 1.87. The summed E-state index contributed by atoms with van der Waals surface area (Å²) in [4.78, 5) is 15.9. The van der Waals surface area contributed by atoms with Crippen molar-refractivity contribution in [3.8, 4) is 22.8 Å². The average Bonchev–Trinajstić information content (AvgIpc) is 2.53. The second-order valence-electron chi connectivity index (χ2n) is 4.25. The molecular weight excluding hydrogens is 272 g/mol. The van der Waals surface area contributed by atoms with Crippen LogP contribution in [0.25, 0.3) is 11.3 Å². The molecule has 2 N–H and O–H groups in total. The third kappa shape index (κ3) is 3.05. The maximum atomic E-state index is 11.7. The first-order valence-electron chi connectivity index (χ1n) is 6.16. The molecule has 0 aliphatic rings. The van der Waals surface area contributed by atoms with E-state index >= 15 is 0 Å². The Kier molecular flexibility index (Phi) is 4.27. The van der Waals surface area contributed by atoms with E-state index in [4.69, 9.17) is 19.9 Å². The zero-order valence-corrected chi connectivity index (χ0v) is 12.0. The number of nitrogen functional groups attached to an aromatic ring is 1. The van der Waals surface area contributed by atoms with Crippen molar-refractivity contribution in [3.05, 3.63) is 36.0 Å². The lowest BCUT2D eigenvalue weighted by Gasteiger charge is -2.10. The summed E-state index contributed by atoms with van der Waals surface area (Å²) in [7, 11) is 4.43. The highest BCUT2D eigenvalue weighted by Gasteiger charge is 2.13.